The Bertz CT molecular complexity index is 888. The Hall–Kier alpha value is -3.28. The van der Waals surface area contributed by atoms with Crippen LogP contribution in [0, 0.1) is 0 Å². The Morgan fingerprint density at radius 1 is 1.04 bits per heavy atom. The van der Waals surface area contributed by atoms with E-state index in [1.807, 2.05) is 30.3 Å². The molecule has 25 heavy (non-hydrogen) atoms. The summed E-state index contributed by atoms with van der Waals surface area (Å²) in [6, 6.07) is 14.5. The fourth-order valence-electron chi connectivity index (χ4n) is 2.48. The quantitative estimate of drug-likeness (QED) is 0.679. The molecule has 4 rings (SSSR count). The average molecular weight is 337 g/mol. The molecule has 6 heteroatoms. The van der Waals surface area contributed by atoms with Gasteiger partial charge in [-0.25, -0.2) is 9.78 Å². The zero-order chi connectivity index (χ0) is 17.1. The van der Waals surface area contributed by atoms with E-state index in [1.165, 1.54) is 6.26 Å². The third-order valence-corrected chi connectivity index (χ3v) is 3.70. The van der Waals surface area contributed by atoms with Crippen LogP contribution in [0.2, 0.25) is 0 Å². The molecule has 1 aliphatic rings. The number of rotatable bonds is 4. The maximum Gasteiger partial charge on any atom is 0.338 e. The van der Waals surface area contributed by atoms with Crippen molar-refractivity contribution in [3.05, 3.63) is 66.1 Å². The number of aromatic nitrogens is 1. The molecule has 0 atom stereocenters. The Morgan fingerprint density at radius 2 is 1.84 bits per heavy atom. The minimum Gasteiger partial charge on any atom is -0.486 e. The molecule has 0 radical (unpaired) electrons. The predicted octanol–water partition coefficient (Wildman–Crippen LogP) is 3.47. The third-order valence-electron chi connectivity index (χ3n) is 3.70. The SMILES string of the molecule is O=C(OCc1coc(-c2ccccc2)n1)c1ccc2c(c1)OCCO2. The largest absolute Gasteiger partial charge is 0.486 e. The second-order valence-corrected chi connectivity index (χ2v) is 5.44. The van der Waals surface area contributed by atoms with Crippen LogP contribution in [0.15, 0.2) is 59.2 Å². The van der Waals surface area contributed by atoms with Gasteiger partial charge in [-0.05, 0) is 30.3 Å². The molecule has 0 saturated carbocycles. The van der Waals surface area contributed by atoms with Crippen LogP contribution in [0.25, 0.3) is 11.5 Å². The fourth-order valence-corrected chi connectivity index (χ4v) is 2.48. The summed E-state index contributed by atoms with van der Waals surface area (Å²) >= 11 is 0. The van der Waals surface area contributed by atoms with Crippen molar-refractivity contribution < 1.29 is 23.4 Å². The minimum atomic E-state index is -0.457. The zero-order valence-corrected chi connectivity index (χ0v) is 13.3. The Morgan fingerprint density at radius 3 is 2.68 bits per heavy atom. The van der Waals surface area contributed by atoms with Crippen molar-refractivity contribution in [2.24, 2.45) is 0 Å². The Labute approximate surface area is 144 Å². The molecule has 2 heterocycles. The minimum absolute atomic E-state index is 0.0314. The topological polar surface area (TPSA) is 70.8 Å². The van der Waals surface area contributed by atoms with Crippen LogP contribution < -0.4 is 9.47 Å². The number of esters is 1. The molecule has 0 fully saturated rings. The molecule has 0 amide bonds. The standard InChI is InChI=1S/C19H15NO5/c21-19(14-6-7-16-17(10-14)23-9-8-22-16)25-12-15-11-24-18(20-15)13-4-2-1-3-5-13/h1-7,10-11H,8-9,12H2. The molecule has 0 bridgehead atoms. The summed E-state index contributed by atoms with van der Waals surface area (Å²) in [5.74, 6) is 1.22. The van der Waals surface area contributed by atoms with Crippen LogP contribution in [-0.4, -0.2) is 24.2 Å². The second kappa shape index (κ2) is 6.68. The Kier molecular flexibility index (Phi) is 4.08. The maximum atomic E-state index is 12.2. The lowest BCUT2D eigenvalue weighted by Gasteiger charge is -2.18. The maximum absolute atomic E-state index is 12.2. The second-order valence-electron chi connectivity index (χ2n) is 5.44. The van der Waals surface area contributed by atoms with Crippen LogP contribution in [-0.2, 0) is 11.3 Å². The monoisotopic (exact) mass is 337 g/mol. The predicted molar refractivity (Wildman–Crippen MR) is 88.5 cm³/mol. The highest BCUT2D eigenvalue weighted by atomic mass is 16.6. The first-order valence-electron chi connectivity index (χ1n) is 7.86. The van der Waals surface area contributed by atoms with E-state index in [9.17, 15) is 4.79 Å². The molecule has 126 valence electrons. The van der Waals surface area contributed by atoms with Gasteiger partial charge in [-0.1, -0.05) is 18.2 Å². The zero-order valence-electron chi connectivity index (χ0n) is 13.3. The lowest BCUT2D eigenvalue weighted by atomic mass is 10.2. The molecule has 1 aliphatic heterocycles. The summed E-state index contributed by atoms with van der Waals surface area (Å²) < 4.78 is 21.6. The van der Waals surface area contributed by atoms with Gasteiger partial charge in [0.15, 0.2) is 11.5 Å². The van der Waals surface area contributed by atoms with Gasteiger partial charge in [-0.3, -0.25) is 0 Å². The summed E-state index contributed by atoms with van der Waals surface area (Å²) in [6.45, 7) is 1.00. The van der Waals surface area contributed by atoms with Crippen LogP contribution >= 0.6 is 0 Å². The van der Waals surface area contributed by atoms with Crippen molar-refractivity contribution >= 4 is 5.97 Å². The van der Waals surface area contributed by atoms with E-state index in [2.05, 4.69) is 4.98 Å². The van der Waals surface area contributed by atoms with E-state index in [0.717, 1.165) is 5.56 Å². The van der Waals surface area contributed by atoms with Crippen LogP contribution in [0.1, 0.15) is 16.1 Å². The van der Waals surface area contributed by atoms with Gasteiger partial charge in [0.2, 0.25) is 5.89 Å². The molecule has 0 unspecified atom stereocenters. The van der Waals surface area contributed by atoms with Gasteiger partial charge in [0, 0.05) is 5.56 Å². The van der Waals surface area contributed by atoms with E-state index in [4.69, 9.17) is 18.6 Å². The third kappa shape index (κ3) is 3.33. The van der Waals surface area contributed by atoms with E-state index >= 15 is 0 Å². The molecular formula is C19H15NO5. The van der Waals surface area contributed by atoms with Crippen molar-refractivity contribution in [3.63, 3.8) is 0 Å². The molecule has 3 aromatic rings. The molecular weight excluding hydrogens is 322 g/mol. The molecule has 2 aromatic carbocycles. The molecule has 0 aliphatic carbocycles. The summed E-state index contributed by atoms with van der Waals surface area (Å²) in [4.78, 5) is 16.5. The highest BCUT2D eigenvalue weighted by Gasteiger charge is 2.16. The molecule has 6 nitrogen and oxygen atoms in total. The first-order valence-corrected chi connectivity index (χ1v) is 7.86. The summed E-state index contributed by atoms with van der Waals surface area (Å²) in [5, 5.41) is 0. The number of carbonyl (C=O) groups is 1. The van der Waals surface area contributed by atoms with Crippen molar-refractivity contribution in [3.8, 4) is 23.0 Å². The smallest absolute Gasteiger partial charge is 0.338 e. The van der Waals surface area contributed by atoms with Gasteiger partial charge in [0.25, 0.3) is 0 Å². The molecule has 0 N–H and O–H groups in total. The van der Waals surface area contributed by atoms with Gasteiger partial charge in [-0.2, -0.15) is 0 Å². The van der Waals surface area contributed by atoms with Crippen LogP contribution in [0.4, 0.5) is 0 Å². The lowest BCUT2D eigenvalue weighted by Crippen LogP contribution is -2.16. The highest BCUT2D eigenvalue weighted by molar-refractivity contribution is 5.90. The number of carbonyl (C=O) groups excluding carboxylic acids is 1. The van der Waals surface area contributed by atoms with E-state index in [-0.39, 0.29) is 6.61 Å². The Balaban J connectivity index is 1.41. The number of benzene rings is 2. The number of fused-ring (bicyclic) bond motifs is 1. The summed E-state index contributed by atoms with van der Waals surface area (Å²) in [6.07, 6.45) is 1.49. The summed E-state index contributed by atoms with van der Waals surface area (Å²) in [7, 11) is 0. The lowest BCUT2D eigenvalue weighted by molar-refractivity contribution is 0.0466. The van der Waals surface area contributed by atoms with Gasteiger partial charge in [-0.15, -0.1) is 0 Å². The van der Waals surface area contributed by atoms with Gasteiger partial charge in [0.1, 0.15) is 31.8 Å². The normalized spacial score (nSPS) is 12.6. The van der Waals surface area contributed by atoms with Gasteiger partial charge in [0.05, 0.1) is 5.56 Å². The number of oxazole rings is 1. The number of hydrogen-bond donors (Lipinski definition) is 0. The van der Waals surface area contributed by atoms with E-state index < -0.39 is 5.97 Å². The van der Waals surface area contributed by atoms with Crippen molar-refractivity contribution in [2.75, 3.05) is 13.2 Å². The van der Waals surface area contributed by atoms with Crippen LogP contribution in [0.3, 0.4) is 0 Å². The number of ether oxygens (including phenoxy) is 3. The average Bonchev–Trinajstić information content (AvgIpc) is 3.15. The van der Waals surface area contributed by atoms with E-state index in [0.29, 0.717) is 41.9 Å². The van der Waals surface area contributed by atoms with Crippen molar-refractivity contribution in [1.29, 1.82) is 0 Å². The molecule has 0 saturated heterocycles. The molecule has 1 aromatic heterocycles. The summed E-state index contributed by atoms with van der Waals surface area (Å²) in [5.41, 5.74) is 1.81. The number of nitrogens with zero attached hydrogens (tertiary/aromatic N) is 1. The van der Waals surface area contributed by atoms with Crippen LogP contribution in [0.5, 0.6) is 11.5 Å². The van der Waals surface area contributed by atoms with Crippen molar-refractivity contribution in [2.45, 2.75) is 6.61 Å². The van der Waals surface area contributed by atoms with Crippen molar-refractivity contribution in [1.82, 2.24) is 4.98 Å². The number of hydrogen-bond acceptors (Lipinski definition) is 6. The molecule has 0 spiro atoms. The van der Waals surface area contributed by atoms with E-state index in [1.54, 1.807) is 18.2 Å². The fraction of sp³-hybridized carbons (Fsp3) is 0.158. The first-order chi connectivity index (χ1) is 12.3. The van der Waals surface area contributed by atoms with Gasteiger partial charge >= 0.3 is 5.97 Å². The first kappa shape index (κ1) is 15.3. The van der Waals surface area contributed by atoms with Gasteiger partial charge < -0.3 is 18.6 Å². The highest BCUT2D eigenvalue weighted by Crippen LogP contribution is 2.31.